The molecular weight excluding hydrogens is 230 g/mol. The number of rotatable bonds is 2. The van der Waals surface area contributed by atoms with Gasteiger partial charge in [-0.15, -0.1) is 0 Å². The molecule has 2 rings (SSSR count). The van der Waals surface area contributed by atoms with Crippen LogP contribution in [0, 0.1) is 6.92 Å². The van der Waals surface area contributed by atoms with Gasteiger partial charge < -0.3 is 15.1 Å². The SMILES string of the molecule is Cc1cc(O)ccc1C(=O)N1CCCCC1CO. The summed E-state index contributed by atoms with van der Waals surface area (Å²) in [6.45, 7) is 2.53. The van der Waals surface area contributed by atoms with Crippen LogP contribution in [0.1, 0.15) is 35.2 Å². The van der Waals surface area contributed by atoms with E-state index in [2.05, 4.69) is 0 Å². The van der Waals surface area contributed by atoms with Gasteiger partial charge in [-0.2, -0.15) is 0 Å². The minimum atomic E-state index is -0.0700. The third kappa shape index (κ3) is 2.48. The maximum atomic E-state index is 12.4. The summed E-state index contributed by atoms with van der Waals surface area (Å²) < 4.78 is 0. The Kier molecular flexibility index (Phi) is 3.87. The molecule has 1 aliphatic heterocycles. The number of phenols is 1. The molecule has 1 atom stereocenters. The fourth-order valence-corrected chi connectivity index (χ4v) is 2.50. The van der Waals surface area contributed by atoms with Crippen molar-refractivity contribution in [1.82, 2.24) is 4.90 Å². The zero-order valence-corrected chi connectivity index (χ0v) is 10.6. The van der Waals surface area contributed by atoms with Gasteiger partial charge in [-0.25, -0.2) is 0 Å². The second kappa shape index (κ2) is 5.40. The molecule has 4 nitrogen and oxygen atoms in total. The number of hydrogen-bond donors (Lipinski definition) is 2. The van der Waals surface area contributed by atoms with Crippen molar-refractivity contribution in [1.29, 1.82) is 0 Å². The van der Waals surface area contributed by atoms with Crippen LogP contribution in [0.5, 0.6) is 5.75 Å². The molecule has 1 aliphatic rings. The second-order valence-corrected chi connectivity index (χ2v) is 4.83. The molecule has 0 saturated carbocycles. The highest BCUT2D eigenvalue weighted by Crippen LogP contribution is 2.22. The quantitative estimate of drug-likeness (QED) is 0.838. The van der Waals surface area contributed by atoms with E-state index in [1.165, 1.54) is 6.07 Å². The average molecular weight is 249 g/mol. The predicted molar refractivity (Wildman–Crippen MR) is 68.6 cm³/mol. The highest BCUT2D eigenvalue weighted by molar-refractivity contribution is 5.96. The summed E-state index contributed by atoms with van der Waals surface area (Å²) in [4.78, 5) is 14.2. The molecule has 0 aromatic heterocycles. The van der Waals surface area contributed by atoms with Gasteiger partial charge in [0.1, 0.15) is 5.75 Å². The third-order valence-corrected chi connectivity index (χ3v) is 3.54. The van der Waals surface area contributed by atoms with Crippen LogP contribution in [0.15, 0.2) is 18.2 Å². The minimum absolute atomic E-state index is 0.0167. The predicted octanol–water partition coefficient (Wildman–Crippen LogP) is 1.69. The lowest BCUT2D eigenvalue weighted by Gasteiger charge is -2.35. The number of amides is 1. The van der Waals surface area contributed by atoms with E-state index in [1.807, 2.05) is 6.92 Å². The van der Waals surface area contributed by atoms with E-state index in [0.717, 1.165) is 24.8 Å². The van der Waals surface area contributed by atoms with Crippen LogP contribution in [-0.2, 0) is 0 Å². The van der Waals surface area contributed by atoms with Crippen molar-refractivity contribution >= 4 is 5.91 Å². The normalized spacial score (nSPS) is 19.9. The van der Waals surface area contributed by atoms with Crippen molar-refractivity contribution in [2.45, 2.75) is 32.2 Å². The van der Waals surface area contributed by atoms with Crippen molar-refractivity contribution in [3.8, 4) is 5.75 Å². The summed E-state index contributed by atoms with van der Waals surface area (Å²) in [5.74, 6) is 0.118. The molecule has 1 aromatic rings. The van der Waals surface area contributed by atoms with E-state index < -0.39 is 0 Å². The molecule has 0 bridgehead atoms. The topological polar surface area (TPSA) is 60.8 Å². The van der Waals surface area contributed by atoms with Crippen molar-refractivity contribution < 1.29 is 15.0 Å². The van der Waals surface area contributed by atoms with Gasteiger partial charge in [-0.05, 0) is 49.9 Å². The van der Waals surface area contributed by atoms with Crippen LogP contribution in [0.4, 0.5) is 0 Å². The lowest BCUT2D eigenvalue weighted by Crippen LogP contribution is -2.45. The van der Waals surface area contributed by atoms with Gasteiger partial charge in [0.05, 0.1) is 12.6 Å². The van der Waals surface area contributed by atoms with Crippen molar-refractivity contribution in [3.05, 3.63) is 29.3 Å². The minimum Gasteiger partial charge on any atom is -0.508 e. The monoisotopic (exact) mass is 249 g/mol. The van der Waals surface area contributed by atoms with Crippen LogP contribution < -0.4 is 0 Å². The van der Waals surface area contributed by atoms with E-state index in [4.69, 9.17) is 0 Å². The number of likely N-dealkylation sites (tertiary alicyclic amines) is 1. The van der Waals surface area contributed by atoms with Crippen LogP contribution in [0.25, 0.3) is 0 Å². The number of hydrogen-bond acceptors (Lipinski definition) is 3. The molecule has 1 fully saturated rings. The standard InChI is InChI=1S/C14H19NO3/c1-10-8-12(17)5-6-13(10)14(18)15-7-3-2-4-11(15)9-16/h5-6,8,11,16-17H,2-4,7,9H2,1H3. The van der Waals surface area contributed by atoms with Gasteiger partial charge >= 0.3 is 0 Å². The summed E-state index contributed by atoms with van der Waals surface area (Å²) in [5, 5.41) is 18.7. The van der Waals surface area contributed by atoms with E-state index in [0.29, 0.717) is 12.1 Å². The van der Waals surface area contributed by atoms with Gasteiger partial charge in [-0.1, -0.05) is 0 Å². The van der Waals surface area contributed by atoms with Crippen LogP contribution in [0.2, 0.25) is 0 Å². The Balaban J connectivity index is 2.24. The lowest BCUT2D eigenvalue weighted by atomic mass is 10.00. The molecule has 1 saturated heterocycles. The number of aryl methyl sites for hydroxylation is 1. The van der Waals surface area contributed by atoms with Crippen LogP contribution in [-0.4, -0.2) is 40.2 Å². The Morgan fingerprint density at radius 3 is 2.89 bits per heavy atom. The summed E-state index contributed by atoms with van der Waals surface area (Å²) in [6, 6.07) is 4.69. The zero-order chi connectivity index (χ0) is 13.1. The van der Waals surface area contributed by atoms with Crippen molar-refractivity contribution in [2.75, 3.05) is 13.2 Å². The summed E-state index contributed by atoms with van der Waals surface area (Å²) in [7, 11) is 0. The Morgan fingerprint density at radius 2 is 2.22 bits per heavy atom. The number of piperidine rings is 1. The molecule has 2 N–H and O–H groups in total. The fraction of sp³-hybridized carbons (Fsp3) is 0.500. The molecule has 0 spiro atoms. The number of carbonyl (C=O) groups excluding carboxylic acids is 1. The summed E-state index contributed by atoms with van der Waals surface area (Å²) in [5.41, 5.74) is 1.37. The Morgan fingerprint density at radius 1 is 1.44 bits per heavy atom. The number of aliphatic hydroxyl groups excluding tert-OH is 1. The number of nitrogens with zero attached hydrogens (tertiary/aromatic N) is 1. The number of benzene rings is 1. The van der Waals surface area contributed by atoms with Crippen LogP contribution >= 0.6 is 0 Å². The summed E-state index contributed by atoms with van der Waals surface area (Å²) in [6.07, 6.45) is 2.91. The van der Waals surface area contributed by atoms with E-state index >= 15 is 0 Å². The van der Waals surface area contributed by atoms with E-state index in [9.17, 15) is 15.0 Å². The summed E-state index contributed by atoms with van der Waals surface area (Å²) >= 11 is 0. The largest absolute Gasteiger partial charge is 0.508 e. The molecule has 98 valence electrons. The van der Waals surface area contributed by atoms with E-state index in [-0.39, 0.29) is 24.3 Å². The first-order valence-corrected chi connectivity index (χ1v) is 6.35. The molecular formula is C14H19NO3. The number of aromatic hydroxyl groups is 1. The highest BCUT2D eigenvalue weighted by atomic mass is 16.3. The third-order valence-electron chi connectivity index (χ3n) is 3.54. The zero-order valence-electron chi connectivity index (χ0n) is 10.6. The Labute approximate surface area is 107 Å². The molecule has 18 heavy (non-hydrogen) atoms. The molecule has 4 heteroatoms. The van der Waals surface area contributed by atoms with Gasteiger partial charge in [0, 0.05) is 12.1 Å². The molecule has 1 heterocycles. The Hall–Kier alpha value is -1.55. The molecule has 0 radical (unpaired) electrons. The first-order valence-electron chi connectivity index (χ1n) is 6.35. The maximum Gasteiger partial charge on any atom is 0.254 e. The van der Waals surface area contributed by atoms with Gasteiger partial charge in [0.2, 0.25) is 0 Å². The number of aliphatic hydroxyl groups is 1. The highest BCUT2D eigenvalue weighted by Gasteiger charge is 2.27. The van der Waals surface area contributed by atoms with Gasteiger partial charge in [-0.3, -0.25) is 4.79 Å². The van der Waals surface area contributed by atoms with Crippen molar-refractivity contribution in [3.63, 3.8) is 0 Å². The number of carbonyl (C=O) groups is 1. The first kappa shape index (κ1) is 12.9. The Bertz CT molecular complexity index is 445. The number of phenolic OH excluding ortho intramolecular Hbond substituents is 1. The first-order chi connectivity index (χ1) is 8.63. The molecule has 1 amide bonds. The molecule has 1 aromatic carbocycles. The van der Waals surface area contributed by atoms with Crippen molar-refractivity contribution in [2.24, 2.45) is 0 Å². The smallest absolute Gasteiger partial charge is 0.254 e. The van der Waals surface area contributed by atoms with Gasteiger partial charge in [0.25, 0.3) is 5.91 Å². The second-order valence-electron chi connectivity index (χ2n) is 4.83. The maximum absolute atomic E-state index is 12.4. The van der Waals surface area contributed by atoms with E-state index in [1.54, 1.807) is 17.0 Å². The molecule has 1 unspecified atom stereocenters. The molecule has 0 aliphatic carbocycles. The fourth-order valence-electron chi connectivity index (χ4n) is 2.50. The van der Waals surface area contributed by atoms with Crippen LogP contribution in [0.3, 0.4) is 0 Å². The van der Waals surface area contributed by atoms with Gasteiger partial charge in [0.15, 0.2) is 0 Å². The average Bonchev–Trinajstić information content (AvgIpc) is 2.38. The lowest BCUT2D eigenvalue weighted by molar-refractivity contribution is 0.0502.